The standard InChI is InChI=1S/C19H21F3N4S/c1-13-10-14(2)26(25-13)9-3-8-23-11-17-12-27-18(24-17)15-4-6-16(7-5-15)19(20,21)22/h4-7,10,12,23H,3,8-9,11H2,1-2H3. The summed E-state index contributed by atoms with van der Waals surface area (Å²) in [4.78, 5) is 4.50. The van der Waals surface area contributed by atoms with Crippen LogP contribution >= 0.6 is 11.3 Å². The van der Waals surface area contributed by atoms with Crippen molar-refractivity contribution in [3.05, 3.63) is 58.4 Å². The van der Waals surface area contributed by atoms with Gasteiger partial charge in [-0.2, -0.15) is 18.3 Å². The van der Waals surface area contributed by atoms with Crippen LogP contribution in [0.3, 0.4) is 0 Å². The van der Waals surface area contributed by atoms with E-state index < -0.39 is 11.7 Å². The van der Waals surface area contributed by atoms with Gasteiger partial charge < -0.3 is 5.32 Å². The Morgan fingerprint density at radius 2 is 1.89 bits per heavy atom. The molecule has 0 spiro atoms. The van der Waals surface area contributed by atoms with Gasteiger partial charge in [0.05, 0.1) is 17.0 Å². The van der Waals surface area contributed by atoms with Gasteiger partial charge in [0.15, 0.2) is 0 Å². The first-order valence-corrected chi connectivity index (χ1v) is 9.55. The molecule has 0 fully saturated rings. The second kappa shape index (κ2) is 8.22. The molecule has 0 saturated carbocycles. The number of nitrogens with zero attached hydrogens (tertiary/aromatic N) is 3. The van der Waals surface area contributed by atoms with Crippen LogP contribution in [-0.4, -0.2) is 21.3 Å². The Kier molecular flexibility index (Phi) is 5.96. The van der Waals surface area contributed by atoms with Crippen LogP contribution < -0.4 is 5.32 Å². The number of aromatic nitrogens is 3. The van der Waals surface area contributed by atoms with Gasteiger partial charge in [0.25, 0.3) is 0 Å². The van der Waals surface area contributed by atoms with Crippen LogP contribution in [0, 0.1) is 13.8 Å². The number of hydrogen-bond donors (Lipinski definition) is 1. The Balaban J connectivity index is 1.47. The fourth-order valence-corrected chi connectivity index (χ4v) is 3.62. The SMILES string of the molecule is Cc1cc(C)n(CCCNCc2csc(-c3ccc(C(F)(F)F)cc3)n2)n1. The summed E-state index contributed by atoms with van der Waals surface area (Å²) >= 11 is 1.43. The van der Waals surface area contributed by atoms with Gasteiger partial charge in [-0.1, -0.05) is 12.1 Å². The molecule has 0 aliphatic heterocycles. The first-order chi connectivity index (χ1) is 12.8. The lowest BCUT2D eigenvalue weighted by atomic mass is 10.1. The molecule has 3 aromatic rings. The van der Waals surface area contributed by atoms with Gasteiger partial charge >= 0.3 is 6.18 Å². The average molecular weight is 394 g/mol. The molecular formula is C19H21F3N4S. The third-order valence-electron chi connectivity index (χ3n) is 4.14. The molecule has 0 bridgehead atoms. The highest BCUT2D eigenvalue weighted by Gasteiger charge is 2.30. The molecule has 4 nitrogen and oxygen atoms in total. The zero-order valence-corrected chi connectivity index (χ0v) is 16.0. The number of alkyl halides is 3. The zero-order valence-electron chi connectivity index (χ0n) is 15.2. The van der Waals surface area contributed by atoms with Crippen LogP contribution in [0.5, 0.6) is 0 Å². The van der Waals surface area contributed by atoms with Crippen molar-refractivity contribution in [2.45, 2.75) is 39.5 Å². The molecule has 27 heavy (non-hydrogen) atoms. The predicted octanol–water partition coefficient (Wildman–Crippen LogP) is 4.82. The highest BCUT2D eigenvalue weighted by Crippen LogP contribution is 2.31. The van der Waals surface area contributed by atoms with Crippen LogP contribution in [0.1, 0.15) is 29.1 Å². The van der Waals surface area contributed by atoms with E-state index in [1.807, 2.05) is 23.9 Å². The summed E-state index contributed by atoms with van der Waals surface area (Å²) in [6.07, 6.45) is -3.36. The predicted molar refractivity (Wildman–Crippen MR) is 101 cm³/mol. The van der Waals surface area contributed by atoms with Crippen molar-refractivity contribution in [3.63, 3.8) is 0 Å². The summed E-state index contributed by atoms with van der Waals surface area (Å²) in [6.45, 7) is 6.37. The summed E-state index contributed by atoms with van der Waals surface area (Å²) in [5.41, 5.74) is 3.13. The molecule has 3 rings (SSSR count). The molecule has 0 saturated heterocycles. The van der Waals surface area contributed by atoms with E-state index in [-0.39, 0.29) is 0 Å². The lowest BCUT2D eigenvalue weighted by Crippen LogP contribution is -2.17. The maximum absolute atomic E-state index is 12.6. The quantitative estimate of drug-likeness (QED) is 0.584. The van der Waals surface area contributed by atoms with Crippen molar-refractivity contribution in [2.75, 3.05) is 6.54 Å². The molecule has 0 aliphatic rings. The summed E-state index contributed by atoms with van der Waals surface area (Å²) in [7, 11) is 0. The maximum Gasteiger partial charge on any atom is 0.416 e. The minimum absolute atomic E-state index is 0.633. The average Bonchev–Trinajstić information content (AvgIpc) is 3.20. The maximum atomic E-state index is 12.6. The first kappa shape index (κ1) is 19.6. The number of hydrogen-bond acceptors (Lipinski definition) is 4. The van der Waals surface area contributed by atoms with Crippen molar-refractivity contribution in [2.24, 2.45) is 0 Å². The Hall–Kier alpha value is -2.19. The topological polar surface area (TPSA) is 42.7 Å². The minimum atomic E-state index is -4.32. The van der Waals surface area contributed by atoms with Crippen molar-refractivity contribution < 1.29 is 13.2 Å². The number of benzene rings is 1. The highest BCUT2D eigenvalue weighted by molar-refractivity contribution is 7.13. The van der Waals surface area contributed by atoms with E-state index >= 15 is 0 Å². The summed E-state index contributed by atoms with van der Waals surface area (Å²) in [5, 5.41) is 10.4. The molecule has 8 heteroatoms. The molecule has 1 N–H and O–H groups in total. The van der Waals surface area contributed by atoms with Gasteiger partial charge in [-0.25, -0.2) is 4.98 Å². The lowest BCUT2D eigenvalue weighted by Gasteiger charge is -2.06. The van der Waals surface area contributed by atoms with E-state index in [1.165, 1.54) is 23.5 Å². The summed E-state index contributed by atoms with van der Waals surface area (Å²) in [6, 6.07) is 7.17. The molecule has 0 aliphatic carbocycles. The fourth-order valence-electron chi connectivity index (χ4n) is 2.79. The molecule has 144 valence electrons. The number of halogens is 3. The first-order valence-electron chi connectivity index (χ1n) is 8.67. The van der Waals surface area contributed by atoms with Gasteiger partial charge in [-0.05, 0) is 45.0 Å². The van der Waals surface area contributed by atoms with E-state index in [0.29, 0.717) is 12.1 Å². The Labute approximate surface area is 160 Å². The van der Waals surface area contributed by atoms with E-state index in [2.05, 4.69) is 21.5 Å². The smallest absolute Gasteiger partial charge is 0.311 e. The van der Waals surface area contributed by atoms with Crippen molar-refractivity contribution in [1.82, 2.24) is 20.1 Å². The number of nitrogens with one attached hydrogen (secondary N) is 1. The van der Waals surface area contributed by atoms with Gasteiger partial charge in [-0.15, -0.1) is 11.3 Å². The molecule has 0 radical (unpaired) electrons. The van der Waals surface area contributed by atoms with E-state index in [9.17, 15) is 13.2 Å². The van der Waals surface area contributed by atoms with Gasteiger partial charge in [0.1, 0.15) is 5.01 Å². The van der Waals surface area contributed by atoms with Gasteiger partial charge in [0.2, 0.25) is 0 Å². The molecular weight excluding hydrogens is 373 g/mol. The van der Waals surface area contributed by atoms with Crippen molar-refractivity contribution >= 4 is 11.3 Å². The van der Waals surface area contributed by atoms with Crippen LogP contribution in [0.15, 0.2) is 35.7 Å². The third kappa shape index (κ3) is 5.17. The minimum Gasteiger partial charge on any atom is -0.311 e. The van der Waals surface area contributed by atoms with E-state index in [1.54, 1.807) is 0 Å². The van der Waals surface area contributed by atoms with E-state index in [0.717, 1.165) is 53.7 Å². The second-order valence-corrected chi connectivity index (χ2v) is 7.26. The van der Waals surface area contributed by atoms with Crippen molar-refractivity contribution in [3.8, 4) is 10.6 Å². The summed E-state index contributed by atoms with van der Waals surface area (Å²) < 4.78 is 39.9. The number of rotatable bonds is 7. The molecule has 0 atom stereocenters. The second-order valence-electron chi connectivity index (χ2n) is 6.40. The summed E-state index contributed by atoms with van der Waals surface area (Å²) in [5.74, 6) is 0. The molecule has 1 aromatic carbocycles. The van der Waals surface area contributed by atoms with Crippen LogP contribution in [0.25, 0.3) is 10.6 Å². The molecule has 0 amide bonds. The lowest BCUT2D eigenvalue weighted by molar-refractivity contribution is -0.137. The fraction of sp³-hybridized carbons (Fsp3) is 0.368. The highest BCUT2D eigenvalue weighted by atomic mass is 32.1. The van der Waals surface area contributed by atoms with E-state index in [4.69, 9.17) is 0 Å². The molecule has 0 unspecified atom stereocenters. The molecule has 2 heterocycles. The Bertz CT molecular complexity index is 881. The van der Waals surface area contributed by atoms with Crippen LogP contribution in [0.2, 0.25) is 0 Å². The van der Waals surface area contributed by atoms with Crippen LogP contribution in [0.4, 0.5) is 13.2 Å². The normalized spacial score (nSPS) is 11.9. The number of aryl methyl sites for hydroxylation is 3. The van der Waals surface area contributed by atoms with Crippen molar-refractivity contribution in [1.29, 1.82) is 0 Å². The van der Waals surface area contributed by atoms with Crippen LogP contribution in [-0.2, 0) is 19.3 Å². The van der Waals surface area contributed by atoms with Gasteiger partial charge in [-0.3, -0.25) is 4.68 Å². The van der Waals surface area contributed by atoms with Gasteiger partial charge in [0, 0.05) is 29.7 Å². The molecule has 2 aromatic heterocycles. The zero-order chi connectivity index (χ0) is 19.4. The Morgan fingerprint density at radius 1 is 1.15 bits per heavy atom. The number of thiazole rings is 1. The monoisotopic (exact) mass is 394 g/mol. The largest absolute Gasteiger partial charge is 0.416 e. The third-order valence-corrected chi connectivity index (χ3v) is 5.08. The Morgan fingerprint density at radius 3 is 2.52 bits per heavy atom.